The van der Waals surface area contributed by atoms with Gasteiger partial charge in [-0.3, -0.25) is 9.48 Å². The van der Waals surface area contributed by atoms with Crippen LogP contribution in [0.2, 0.25) is 0 Å². The number of carbonyl (C=O) groups excluding carboxylic acids is 1. The van der Waals surface area contributed by atoms with E-state index in [4.69, 9.17) is 10.2 Å². The Balaban J connectivity index is 1.61. The van der Waals surface area contributed by atoms with Crippen LogP contribution < -0.4 is 5.73 Å². The number of nitrogens with zero attached hydrogens (tertiary/aromatic N) is 3. The lowest BCUT2D eigenvalue weighted by molar-refractivity contribution is 0.0721. The molecule has 2 aromatic heterocycles. The third-order valence-electron chi connectivity index (χ3n) is 4.71. The number of nitrogens with two attached hydrogens (primary N) is 1. The van der Waals surface area contributed by atoms with Gasteiger partial charge in [-0.15, -0.1) is 0 Å². The van der Waals surface area contributed by atoms with E-state index in [1.165, 1.54) is 5.56 Å². The maximum atomic E-state index is 12.9. The van der Waals surface area contributed by atoms with Crippen LogP contribution in [0, 0.1) is 6.92 Å². The molecule has 0 unspecified atom stereocenters. The van der Waals surface area contributed by atoms with Gasteiger partial charge in [-0.1, -0.05) is 30.3 Å². The number of aryl methyl sites for hydroxylation is 2. The molecule has 0 spiro atoms. The van der Waals surface area contributed by atoms with Gasteiger partial charge in [0, 0.05) is 19.2 Å². The molecule has 6 heteroatoms. The van der Waals surface area contributed by atoms with E-state index in [1.807, 2.05) is 30.3 Å². The van der Waals surface area contributed by atoms with Gasteiger partial charge in [-0.2, -0.15) is 5.10 Å². The fourth-order valence-corrected chi connectivity index (χ4v) is 3.34. The molecule has 1 aliphatic rings. The van der Waals surface area contributed by atoms with Gasteiger partial charge in [0.05, 0.1) is 12.2 Å². The Bertz CT molecular complexity index is 940. The van der Waals surface area contributed by atoms with E-state index in [1.54, 1.807) is 23.6 Å². The number of rotatable bonds is 2. The number of carbonyl (C=O) groups is 1. The molecule has 0 bridgehead atoms. The van der Waals surface area contributed by atoms with Crippen molar-refractivity contribution in [2.45, 2.75) is 19.9 Å². The Kier molecular flexibility index (Phi) is 3.60. The number of aromatic nitrogens is 2. The lowest BCUT2D eigenvalue weighted by atomic mass is 10.1. The van der Waals surface area contributed by atoms with Crippen LogP contribution in [-0.2, 0) is 20.0 Å². The first-order valence-electron chi connectivity index (χ1n) is 8.30. The normalized spacial score (nSPS) is 13.8. The standard InChI is InChI=1S/C19H20N4O2/c1-12-17(18(20)22(2)21-12)19(24)23-9-8-14-10-15(25-16(14)11-23)13-6-4-3-5-7-13/h3-7,10H,8-9,11,20H2,1-2H3. The molecule has 1 amide bonds. The van der Waals surface area contributed by atoms with Crippen LogP contribution in [0.4, 0.5) is 5.82 Å². The van der Waals surface area contributed by atoms with Gasteiger partial charge < -0.3 is 15.1 Å². The van der Waals surface area contributed by atoms with Gasteiger partial charge in [-0.05, 0) is 25.0 Å². The number of furan rings is 1. The van der Waals surface area contributed by atoms with E-state index >= 15 is 0 Å². The summed E-state index contributed by atoms with van der Waals surface area (Å²) in [5.74, 6) is 2.00. The van der Waals surface area contributed by atoms with Crippen LogP contribution >= 0.6 is 0 Å². The van der Waals surface area contributed by atoms with E-state index in [0.717, 1.165) is 23.5 Å². The Morgan fingerprint density at radius 3 is 2.72 bits per heavy atom. The summed E-state index contributed by atoms with van der Waals surface area (Å²) in [6.07, 6.45) is 0.774. The Hall–Kier alpha value is -3.02. The summed E-state index contributed by atoms with van der Waals surface area (Å²) in [6, 6.07) is 12.1. The molecular formula is C19H20N4O2. The molecule has 1 aromatic carbocycles. The first-order chi connectivity index (χ1) is 12.0. The number of amides is 1. The highest BCUT2D eigenvalue weighted by atomic mass is 16.3. The van der Waals surface area contributed by atoms with Crippen LogP contribution in [0.5, 0.6) is 0 Å². The Labute approximate surface area is 145 Å². The minimum absolute atomic E-state index is 0.0913. The first kappa shape index (κ1) is 15.5. The number of benzene rings is 1. The number of hydrogen-bond donors (Lipinski definition) is 1. The molecule has 0 saturated carbocycles. The lowest BCUT2D eigenvalue weighted by Crippen LogP contribution is -2.36. The predicted molar refractivity (Wildman–Crippen MR) is 94.9 cm³/mol. The third-order valence-corrected chi connectivity index (χ3v) is 4.71. The van der Waals surface area contributed by atoms with Crippen molar-refractivity contribution in [3.63, 3.8) is 0 Å². The van der Waals surface area contributed by atoms with Gasteiger partial charge in [0.15, 0.2) is 0 Å². The molecule has 2 N–H and O–H groups in total. The van der Waals surface area contributed by atoms with Gasteiger partial charge >= 0.3 is 0 Å². The molecule has 6 nitrogen and oxygen atoms in total. The molecule has 0 atom stereocenters. The fourth-order valence-electron chi connectivity index (χ4n) is 3.34. The van der Waals surface area contributed by atoms with Crippen molar-refractivity contribution < 1.29 is 9.21 Å². The zero-order valence-corrected chi connectivity index (χ0v) is 14.3. The smallest absolute Gasteiger partial charge is 0.259 e. The molecule has 128 valence electrons. The zero-order valence-electron chi connectivity index (χ0n) is 14.3. The molecule has 0 saturated heterocycles. The SMILES string of the molecule is Cc1nn(C)c(N)c1C(=O)N1CCc2cc(-c3ccccc3)oc2C1. The van der Waals surface area contributed by atoms with Crippen LogP contribution in [-0.4, -0.2) is 27.1 Å². The molecule has 3 heterocycles. The summed E-state index contributed by atoms with van der Waals surface area (Å²) < 4.78 is 7.57. The van der Waals surface area contributed by atoms with E-state index in [-0.39, 0.29) is 5.91 Å². The Morgan fingerprint density at radius 2 is 2.04 bits per heavy atom. The molecule has 0 radical (unpaired) electrons. The molecule has 0 fully saturated rings. The zero-order chi connectivity index (χ0) is 17.6. The fraction of sp³-hybridized carbons (Fsp3) is 0.263. The summed E-state index contributed by atoms with van der Waals surface area (Å²) >= 11 is 0. The molecule has 1 aliphatic heterocycles. The highest BCUT2D eigenvalue weighted by Crippen LogP contribution is 2.30. The van der Waals surface area contributed by atoms with E-state index in [9.17, 15) is 4.79 Å². The van der Waals surface area contributed by atoms with Crippen molar-refractivity contribution in [2.24, 2.45) is 7.05 Å². The summed E-state index contributed by atoms with van der Waals surface area (Å²) in [6.45, 7) is 2.90. The number of hydrogen-bond acceptors (Lipinski definition) is 4. The monoisotopic (exact) mass is 336 g/mol. The highest BCUT2D eigenvalue weighted by molar-refractivity contribution is 5.99. The highest BCUT2D eigenvalue weighted by Gasteiger charge is 2.29. The first-order valence-corrected chi connectivity index (χ1v) is 8.30. The second-order valence-corrected chi connectivity index (χ2v) is 6.37. The number of anilines is 1. The predicted octanol–water partition coefficient (Wildman–Crippen LogP) is 2.77. The van der Waals surface area contributed by atoms with Crippen molar-refractivity contribution in [3.05, 3.63) is 59.0 Å². The van der Waals surface area contributed by atoms with E-state index in [0.29, 0.717) is 30.2 Å². The van der Waals surface area contributed by atoms with Crippen molar-refractivity contribution in [3.8, 4) is 11.3 Å². The van der Waals surface area contributed by atoms with Gasteiger partial charge in [0.25, 0.3) is 5.91 Å². The maximum Gasteiger partial charge on any atom is 0.259 e. The summed E-state index contributed by atoms with van der Waals surface area (Å²) in [5.41, 5.74) is 9.36. The van der Waals surface area contributed by atoms with Gasteiger partial charge in [0.1, 0.15) is 22.9 Å². The van der Waals surface area contributed by atoms with Crippen molar-refractivity contribution in [1.82, 2.24) is 14.7 Å². The maximum absolute atomic E-state index is 12.9. The largest absolute Gasteiger partial charge is 0.459 e. The van der Waals surface area contributed by atoms with E-state index in [2.05, 4.69) is 11.2 Å². The van der Waals surface area contributed by atoms with Crippen LogP contribution in [0.15, 0.2) is 40.8 Å². The van der Waals surface area contributed by atoms with Crippen molar-refractivity contribution >= 4 is 11.7 Å². The molecular weight excluding hydrogens is 316 g/mol. The molecule has 3 aromatic rings. The molecule has 4 rings (SSSR count). The van der Waals surface area contributed by atoms with Crippen molar-refractivity contribution in [2.75, 3.05) is 12.3 Å². The average molecular weight is 336 g/mol. The van der Waals surface area contributed by atoms with Crippen LogP contribution in [0.1, 0.15) is 27.4 Å². The van der Waals surface area contributed by atoms with Crippen LogP contribution in [0.3, 0.4) is 0 Å². The van der Waals surface area contributed by atoms with E-state index < -0.39 is 0 Å². The van der Waals surface area contributed by atoms with Crippen LogP contribution in [0.25, 0.3) is 11.3 Å². The summed E-state index contributed by atoms with van der Waals surface area (Å²) in [7, 11) is 1.74. The van der Waals surface area contributed by atoms with Gasteiger partial charge in [-0.25, -0.2) is 0 Å². The minimum atomic E-state index is -0.0913. The Morgan fingerprint density at radius 1 is 1.28 bits per heavy atom. The quantitative estimate of drug-likeness (QED) is 0.780. The molecule has 0 aliphatic carbocycles. The minimum Gasteiger partial charge on any atom is -0.459 e. The third kappa shape index (κ3) is 2.59. The topological polar surface area (TPSA) is 77.3 Å². The lowest BCUT2D eigenvalue weighted by Gasteiger charge is -2.26. The number of fused-ring (bicyclic) bond motifs is 1. The van der Waals surface area contributed by atoms with Crippen molar-refractivity contribution in [1.29, 1.82) is 0 Å². The molecule has 25 heavy (non-hydrogen) atoms. The second-order valence-electron chi connectivity index (χ2n) is 6.37. The summed E-state index contributed by atoms with van der Waals surface area (Å²) in [4.78, 5) is 14.7. The summed E-state index contributed by atoms with van der Waals surface area (Å²) in [5, 5.41) is 4.24. The average Bonchev–Trinajstić information content (AvgIpc) is 3.15. The van der Waals surface area contributed by atoms with Gasteiger partial charge in [0.2, 0.25) is 0 Å². The second kappa shape index (κ2) is 5.81. The number of nitrogen functional groups attached to an aromatic ring is 1.